The van der Waals surface area contributed by atoms with Gasteiger partial charge in [0, 0.05) is 33.4 Å². The molecule has 106 valence electrons. The number of anilines is 1. The maximum Gasteiger partial charge on any atom is 0.251 e. The number of nitrogens with one attached hydrogen (secondary N) is 1. The van der Waals surface area contributed by atoms with Crippen LogP contribution in [0.1, 0.15) is 31.8 Å². The number of fused-ring (bicyclic) bond motifs is 1. The van der Waals surface area contributed by atoms with Crippen molar-refractivity contribution in [2.24, 2.45) is 0 Å². The number of benzene rings is 2. The number of halogens is 1. The molecule has 0 saturated heterocycles. The Morgan fingerprint density at radius 3 is 2.62 bits per heavy atom. The molecule has 4 nitrogen and oxygen atoms in total. The Morgan fingerprint density at radius 2 is 1.86 bits per heavy atom. The van der Waals surface area contributed by atoms with E-state index in [4.69, 9.17) is 5.73 Å². The van der Waals surface area contributed by atoms with E-state index in [0.717, 1.165) is 16.5 Å². The number of nitrogens with two attached hydrogens (primary N) is 1. The van der Waals surface area contributed by atoms with Gasteiger partial charge < -0.3 is 11.1 Å². The van der Waals surface area contributed by atoms with Crippen molar-refractivity contribution in [3.63, 3.8) is 0 Å². The first-order valence-corrected chi connectivity index (χ1v) is 7.36. The van der Waals surface area contributed by atoms with Gasteiger partial charge in [0.15, 0.2) is 5.78 Å². The summed E-state index contributed by atoms with van der Waals surface area (Å²) in [5.41, 5.74) is 8.87. The van der Waals surface area contributed by atoms with E-state index < -0.39 is 0 Å². The third-order valence-electron chi connectivity index (χ3n) is 3.55. The molecule has 2 aromatic carbocycles. The highest BCUT2D eigenvalue weighted by Gasteiger charge is 2.19. The fraction of sp³-hybridized carbons (Fsp3) is 0.125. The summed E-state index contributed by atoms with van der Waals surface area (Å²) in [5.74, 6) is -0.267. The highest BCUT2D eigenvalue weighted by atomic mass is 79.9. The number of hydrogen-bond donors (Lipinski definition) is 2. The number of amides is 1. The van der Waals surface area contributed by atoms with Crippen LogP contribution in [-0.2, 0) is 6.42 Å². The average Bonchev–Trinajstić information content (AvgIpc) is 2.49. The molecule has 1 aliphatic heterocycles. The van der Waals surface area contributed by atoms with Crippen molar-refractivity contribution >= 4 is 33.3 Å². The third-order valence-corrected chi connectivity index (χ3v) is 4.28. The fourth-order valence-corrected chi connectivity index (χ4v) is 2.65. The van der Waals surface area contributed by atoms with Gasteiger partial charge in [-0.15, -0.1) is 0 Å². The predicted molar refractivity (Wildman–Crippen MR) is 84.5 cm³/mol. The Balaban J connectivity index is 2.00. The van der Waals surface area contributed by atoms with Crippen LogP contribution < -0.4 is 11.1 Å². The van der Waals surface area contributed by atoms with Crippen molar-refractivity contribution < 1.29 is 9.59 Å². The minimum absolute atomic E-state index is 0.124. The van der Waals surface area contributed by atoms with E-state index in [2.05, 4.69) is 21.2 Å². The van der Waals surface area contributed by atoms with Crippen LogP contribution in [0.15, 0.2) is 40.9 Å². The number of rotatable bonds is 2. The molecule has 1 heterocycles. The zero-order valence-electron chi connectivity index (χ0n) is 11.2. The molecule has 5 heteroatoms. The second-order valence-corrected chi connectivity index (χ2v) is 5.80. The molecule has 0 fully saturated rings. The molecule has 2 aromatic rings. The topological polar surface area (TPSA) is 72.2 Å². The van der Waals surface area contributed by atoms with Crippen molar-refractivity contribution in [3.8, 4) is 0 Å². The molecular formula is C16H13BrN2O2. The Kier molecular flexibility index (Phi) is 3.51. The fourth-order valence-electron chi connectivity index (χ4n) is 2.40. The van der Waals surface area contributed by atoms with Crippen LogP contribution in [0.2, 0.25) is 0 Å². The van der Waals surface area contributed by atoms with Crippen LogP contribution in [0.25, 0.3) is 0 Å². The first-order valence-electron chi connectivity index (χ1n) is 6.57. The molecule has 0 atom stereocenters. The maximum atomic E-state index is 12.5. The zero-order chi connectivity index (χ0) is 15.0. The van der Waals surface area contributed by atoms with Crippen molar-refractivity contribution in [2.75, 3.05) is 12.3 Å². The van der Waals surface area contributed by atoms with Gasteiger partial charge in [0.25, 0.3) is 5.91 Å². The standard InChI is InChI=1S/C16H13BrN2O2/c17-13-4-3-11(8-14(13)18)15(20)10-2-1-9-5-6-19-16(21)12(9)7-10/h1-4,7-8H,5-6,18H2,(H,19,21). The molecule has 0 bridgehead atoms. The molecule has 1 amide bonds. The van der Waals surface area contributed by atoms with Gasteiger partial charge in [0.1, 0.15) is 0 Å². The SMILES string of the molecule is Nc1cc(C(=O)c2ccc3c(c2)C(=O)NCC3)ccc1Br. The summed E-state index contributed by atoms with van der Waals surface area (Å²) in [5, 5.41) is 2.78. The van der Waals surface area contributed by atoms with Crippen molar-refractivity contribution in [2.45, 2.75) is 6.42 Å². The van der Waals surface area contributed by atoms with Crippen LogP contribution in [-0.4, -0.2) is 18.2 Å². The Morgan fingerprint density at radius 1 is 1.14 bits per heavy atom. The van der Waals surface area contributed by atoms with Gasteiger partial charge in [-0.1, -0.05) is 12.1 Å². The quantitative estimate of drug-likeness (QED) is 0.649. The largest absolute Gasteiger partial charge is 0.398 e. The van der Waals surface area contributed by atoms with Crippen LogP contribution in [0.5, 0.6) is 0 Å². The molecule has 1 aliphatic rings. The molecule has 0 aliphatic carbocycles. The minimum Gasteiger partial charge on any atom is -0.398 e. The van der Waals surface area contributed by atoms with Crippen LogP contribution in [0, 0.1) is 0 Å². The Bertz CT molecular complexity index is 756. The number of ketones is 1. The first kappa shape index (κ1) is 13.8. The van der Waals surface area contributed by atoms with Crippen molar-refractivity contribution in [1.82, 2.24) is 5.32 Å². The molecule has 3 N–H and O–H groups in total. The third kappa shape index (κ3) is 2.56. The normalized spacial score (nSPS) is 13.5. The summed E-state index contributed by atoms with van der Waals surface area (Å²) >= 11 is 3.30. The van der Waals surface area contributed by atoms with Gasteiger partial charge in [-0.3, -0.25) is 9.59 Å². The summed E-state index contributed by atoms with van der Waals surface area (Å²) in [4.78, 5) is 24.3. The summed E-state index contributed by atoms with van der Waals surface area (Å²) in [7, 11) is 0. The smallest absolute Gasteiger partial charge is 0.251 e. The molecule has 0 radical (unpaired) electrons. The van der Waals surface area contributed by atoms with E-state index in [9.17, 15) is 9.59 Å². The highest BCUT2D eigenvalue weighted by Crippen LogP contribution is 2.23. The van der Waals surface area contributed by atoms with E-state index in [-0.39, 0.29) is 11.7 Å². The summed E-state index contributed by atoms with van der Waals surface area (Å²) in [6.45, 7) is 0.641. The lowest BCUT2D eigenvalue weighted by Gasteiger charge is -2.17. The lowest BCUT2D eigenvalue weighted by atomic mass is 9.94. The van der Waals surface area contributed by atoms with Crippen LogP contribution in [0.4, 0.5) is 5.69 Å². The predicted octanol–water partition coefficient (Wildman–Crippen LogP) is 2.55. The Hall–Kier alpha value is -2.14. The van der Waals surface area contributed by atoms with E-state index >= 15 is 0 Å². The summed E-state index contributed by atoms with van der Waals surface area (Å²) in [6, 6.07) is 10.4. The van der Waals surface area contributed by atoms with Gasteiger partial charge in [-0.05, 0) is 52.2 Å². The number of carbonyl (C=O) groups excluding carboxylic acids is 2. The maximum absolute atomic E-state index is 12.5. The zero-order valence-corrected chi connectivity index (χ0v) is 12.7. The average molecular weight is 345 g/mol. The molecule has 0 spiro atoms. The van der Waals surface area contributed by atoms with Crippen LogP contribution in [0.3, 0.4) is 0 Å². The molecule has 0 aromatic heterocycles. The van der Waals surface area contributed by atoms with E-state index in [1.165, 1.54) is 0 Å². The van der Waals surface area contributed by atoms with Gasteiger partial charge >= 0.3 is 0 Å². The number of carbonyl (C=O) groups is 2. The lowest BCUT2D eigenvalue weighted by molar-refractivity contribution is 0.0946. The highest BCUT2D eigenvalue weighted by molar-refractivity contribution is 9.10. The van der Waals surface area contributed by atoms with Gasteiger partial charge in [-0.25, -0.2) is 0 Å². The molecular weight excluding hydrogens is 332 g/mol. The van der Waals surface area contributed by atoms with Crippen molar-refractivity contribution in [1.29, 1.82) is 0 Å². The number of hydrogen-bond acceptors (Lipinski definition) is 3. The summed E-state index contributed by atoms with van der Waals surface area (Å²) < 4.78 is 0.754. The first-order chi connectivity index (χ1) is 10.1. The van der Waals surface area contributed by atoms with Gasteiger partial charge in [0.05, 0.1) is 0 Å². The lowest BCUT2D eigenvalue weighted by Crippen LogP contribution is -2.32. The van der Waals surface area contributed by atoms with E-state index in [1.807, 2.05) is 6.07 Å². The van der Waals surface area contributed by atoms with E-state index in [0.29, 0.717) is 28.9 Å². The van der Waals surface area contributed by atoms with E-state index in [1.54, 1.807) is 30.3 Å². The molecule has 0 saturated carbocycles. The minimum atomic E-state index is -0.143. The second kappa shape index (κ2) is 5.33. The molecule has 0 unspecified atom stereocenters. The summed E-state index contributed by atoms with van der Waals surface area (Å²) in [6.07, 6.45) is 0.792. The molecule has 3 rings (SSSR count). The number of nitrogen functional groups attached to an aromatic ring is 1. The van der Waals surface area contributed by atoms with Gasteiger partial charge in [0.2, 0.25) is 0 Å². The second-order valence-electron chi connectivity index (χ2n) is 4.94. The van der Waals surface area contributed by atoms with Crippen LogP contribution >= 0.6 is 15.9 Å². The Labute approximate surface area is 130 Å². The molecule has 21 heavy (non-hydrogen) atoms. The monoisotopic (exact) mass is 344 g/mol. The van der Waals surface area contributed by atoms with Crippen molar-refractivity contribution in [3.05, 3.63) is 63.1 Å². The van der Waals surface area contributed by atoms with Gasteiger partial charge in [-0.2, -0.15) is 0 Å².